The quantitative estimate of drug-likeness (QED) is 0.770. The Balaban J connectivity index is 2.50. The Labute approximate surface area is 95.0 Å². The Hall–Kier alpha value is -0.290. The highest BCUT2D eigenvalue weighted by molar-refractivity contribution is 4.91. The Morgan fingerprint density at radius 2 is 1.94 bits per heavy atom. The Morgan fingerprint density at radius 1 is 1.31 bits per heavy atom. The molecule has 0 aliphatic heterocycles. The number of nitrogens with two attached hydrogens (primary N) is 1. The van der Waals surface area contributed by atoms with Gasteiger partial charge in [0, 0.05) is 6.54 Å². The highest BCUT2D eigenvalue weighted by Gasteiger charge is 2.39. The molecule has 1 saturated carbocycles. The molecule has 0 aromatic carbocycles. The molecule has 0 atom stereocenters. The molecule has 0 bridgehead atoms. The zero-order chi connectivity index (χ0) is 12.2. The van der Waals surface area contributed by atoms with Crippen LogP contribution in [0, 0.1) is 5.41 Å². The van der Waals surface area contributed by atoms with Gasteiger partial charge in [-0.05, 0) is 37.8 Å². The molecule has 2 nitrogen and oxygen atoms in total. The summed E-state index contributed by atoms with van der Waals surface area (Å²) >= 11 is 0. The molecular formula is C11H21F3N2. The molecule has 16 heavy (non-hydrogen) atoms. The Kier molecular flexibility index (Phi) is 4.62. The van der Waals surface area contributed by atoms with E-state index in [1.165, 1.54) is 4.90 Å². The number of halogens is 3. The van der Waals surface area contributed by atoms with Crippen molar-refractivity contribution in [2.24, 2.45) is 11.1 Å². The molecule has 0 unspecified atom stereocenters. The van der Waals surface area contributed by atoms with Gasteiger partial charge in [-0.15, -0.1) is 0 Å². The summed E-state index contributed by atoms with van der Waals surface area (Å²) in [4.78, 5) is 1.51. The normalized spacial score (nSPS) is 19.9. The second-order valence-corrected chi connectivity index (χ2v) is 4.88. The van der Waals surface area contributed by atoms with Crippen molar-refractivity contribution in [1.29, 1.82) is 0 Å². The van der Waals surface area contributed by atoms with E-state index in [2.05, 4.69) is 0 Å². The van der Waals surface area contributed by atoms with Crippen molar-refractivity contribution >= 4 is 0 Å². The van der Waals surface area contributed by atoms with Crippen molar-refractivity contribution in [2.45, 2.75) is 38.8 Å². The van der Waals surface area contributed by atoms with Crippen molar-refractivity contribution < 1.29 is 13.2 Å². The molecule has 2 N–H and O–H groups in total. The van der Waals surface area contributed by atoms with E-state index in [-0.39, 0.29) is 5.41 Å². The summed E-state index contributed by atoms with van der Waals surface area (Å²) in [5.41, 5.74) is 5.63. The first-order valence-electron chi connectivity index (χ1n) is 5.90. The van der Waals surface area contributed by atoms with Gasteiger partial charge < -0.3 is 5.73 Å². The van der Waals surface area contributed by atoms with Gasteiger partial charge >= 0.3 is 6.18 Å². The molecule has 96 valence electrons. The van der Waals surface area contributed by atoms with Crippen LogP contribution in [0.3, 0.4) is 0 Å². The van der Waals surface area contributed by atoms with E-state index in [0.717, 1.165) is 25.7 Å². The minimum Gasteiger partial charge on any atom is -0.330 e. The van der Waals surface area contributed by atoms with Gasteiger partial charge in [0.2, 0.25) is 0 Å². The SMILES string of the molecule is CCCN(CC(F)(F)F)CC1(CN)CCC1. The molecule has 5 heteroatoms. The van der Waals surface area contributed by atoms with Gasteiger partial charge in [0.25, 0.3) is 0 Å². The lowest BCUT2D eigenvalue weighted by molar-refractivity contribution is -0.150. The summed E-state index contributed by atoms with van der Waals surface area (Å²) in [7, 11) is 0. The Bertz CT molecular complexity index is 206. The van der Waals surface area contributed by atoms with Crippen LogP contribution in [-0.4, -0.2) is 37.3 Å². The molecule has 0 aromatic rings. The number of alkyl halides is 3. The number of hydrogen-bond acceptors (Lipinski definition) is 2. The maximum Gasteiger partial charge on any atom is 0.401 e. The van der Waals surface area contributed by atoms with Crippen LogP contribution in [0.1, 0.15) is 32.6 Å². The van der Waals surface area contributed by atoms with Crippen molar-refractivity contribution in [1.82, 2.24) is 4.90 Å². The average molecular weight is 238 g/mol. The molecule has 1 fully saturated rings. The van der Waals surface area contributed by atoms with Crippen molar-refractivity contribution in [3.8, 4) is 0 Å². The fraction of sp³-hybridized carbons (Fsp3) is 1.00. The summed E-state index contributed by atoms with van der Waals surface area (Å²) < 4.78 is 37.1. The van der Waals surface area contributed by atoms with E-state index >= 15 is 0 Å². The molecular weight excluding hydrogens is 217 g/mol. The molecule has 1 aliphatic carbocycles. The minimum absolute atomic E-state index is 0.0412. The fourth-order valence-electron chi connectivity index (χ4n) is 2.36. The van der Waals surface area contributed by atoms with Gasteiger partial charge in [-0.2, -0.15) is 13.2 Å². The molecule has 0 heterocycles. The first kappa shape index (κ1) is 13.8. The number of hydrogen-bond donors (Lipinski definition) is 1. The smallest absolute Gasteiger partial charge is 0.330 e. The highest BCUT2D eigenvalue weighted by atomic mass is 19.4. The molecule has 1 aliphatic rings. The highest BCUT2D eigenvalue weighted by Crippen LogP contribution is 2.40. The van der Waals surface area contributed by atoms with Crippen LogP contribution in [0.15, 0.2) is 0 Å². The summed E-state index contributed by atoms with van der Waals surface area (Å²) in [6.07, 6.45) is -0.308. The lowest BCUT2D eigenvalue weighted by Crippen LogP contribution is -2.49. The van der Waals surface area contributed by atoms with Crippen LogP contribution in [0.25, 0.3) is 0 Å². The van der Waals surface area contributed by atoms with E-state index in [4.69, 9.17) is 5.73 Å². The van der Waals surface area contributed by atoms with Gasteiger partial charge in [0.1, 0.15) is 0 Å². The van der Waals surface area contributed by atoms with Crippen LogP contribution in [0.4, 0.5) is 13.2 Å². The van der Waals surface area contributed by atoms with Crippen LogP contribution < -0.4 is 5.73 Å². The summed E-state index contributed by atoms with van der Waals surface area (Å²) in [5, 5.41) is 0. The monoisotopic (exact) mass is 238 g/mol. The van der Waals surface area contributed by atoms with Crippen LogP contribution in [0.2, 0.25) is 0 Å². The molecule has 0 saturated heterocycles. The van der Waals surface area contributed by atoms with E-state index in [9.17, 15) is 13.2 Å². The second-order valence-electron chi connectivity index (χ2n) is 4.88. The predicted octanol–water partition coefficient (Wildman–Crippen LogP) is 2.39. The van der Waals surface area contributed by atoms with Crippen LogP contribution in [0.5, 0.6) is 0 Å². The molecule has 0 aromatic heterocycles. The van der Waals surface area contributed by atoms with Gasteiger partial charge in [-0.1, -0.05) is 13.3 Å². The van der Waals surface area contributed by atoms with Gasteiger partial charge in [0.15, 0.2) is 0 Å². The van der Waals surface area contributed by atoms with Crippen molar-refractivity contribution in [2.75, 3.05) is 26.2 Å². The van der Waals surface area contributed by atoms with Crippen LogP contribution in [-0.2, 0) is 0 Å². The van der Waals surface area contributed by atoms with E-state index < -0.39 is 12.7 Å². The zero-order valence-corrected chi connectivity index (χ0v) is 9.82. The Morgan fingerprint density at radius 3 is 2.25 bits per heavy atom. The minimum atomic E-state index is -4.10. The first-order valence-corrected chi connectivity index (χ1v) is 5.90. The maximum absolute atomic E-state index is 12.4. The second kappa shape index (κ2) is 5.36. The fourth-order valence-corrected chi connectivity index (χ4v) is 2.36. The van der Waals surface area contributed by atoms with Gasteiger partial charge in [-0.3, -0.25) is 4.90 Å². The third-order valence-corrected chi connectivity index (χ3v) is 3.35. The standard InChI is InChI=1S/C11H21F3N2/c1-2-6-16(9-11(12,13)14)8-10(7-15)4-3-5-10/h2-9,15H2,1H3. The first-order chi connectivity index (χ1) is 7.41. The molecule has 0 spiro atoms. The zero-order valence-electron chi connectivity index (χ0n) is 9.82. The topological polar surface area (TPSA) is 29.3 Å². The van der Waals surface area contributed by atoms with E-state index in [0.29, 0.717) is 19.6 Å². The van der Waals surface area contributed by atoms with Crippen molar-refractivity contribution in [3.63, 3.8) is 0 Å². The average Bonchev–Trinajstić information content (AvgIpc) is 2.09. The molecule has 0 radical (unpaired) electrons. The third-order valence-electron chi connectivity index (χ3n) is 3.35. The molecule has 1 rings (SSSR count). The lowest BCUT2D eigenvalue weighted by Gasteiger charge is -2.44. The van der Waals surface area contributed by atoms with Gasteiger partial charge in [0.05, 0.1) is 6.54 Å². The number of nitrogens with zero attached hydrogens (tertiary/aromatic N) is 1. The summed E-state index contributed by atoms with van der Waals surface area (Å²) in [6.45, 7) is 2.60. The third kappa shape index (κ3) is 3.94. The predicted molar refractivity (Wildman–Crippen MR) is 58.1 cm³/mol. The van der Waals surface area contributed by atoms with E-state index in [1.807, 2.05) is 6.92 Å². The maximum atomic E-state index is 12.4. The van der Waals surface area contributed by atoms with E-state index in [1.54, 1.807) is 0 Å². The van der Waals surface area contributed by atoms with Crippen LogP contribution >= 0.6 is 0 Å². The van der Waals surface area contributed by atoms with Gasteiger partial charge in [-0.25, -0.2) is 0 Å². The summed E-state index contributed by atoms with van der Waals surface area (Å²) in [6, 6.07) is 0. The lowest BCUT2D eigenvalue weighted by atomic mass is 9.68. The van der Waals surface area contributed by atoms with Crippen molar-refractivity contribution in [3.05, 3.63) is 0 Å². The largest absolute Gasteiger partial charge is 0.401 e. The summed E-state index contributed by atoms with van der Waals surface area (Å²) in [5.74, 6) is 0. The number of rotatable bonds is 6. The molecule has 0 amide bonds.